The first kappa shape index (κ1) is 15.9. The second-order valence-electron chi connectivity index (χ2n) is 6.29. The number of benzene rings is 1. The standard InChI is InChI=1S/C18H26N2O/c1-14(2)15-6-4-8-17(12-15)21-11-9-16-7-5-10-18(16,13-19)20-3/h4,6,8,12,14,16,20H,5,7,9-11H2,1-3H3. The molecular formula is C18H26N2O. The molecule has 0 heterocycles. The normalized spacial score (nSPS) is 25.0. The van der Waals surface area contributed by atoms with Gasteiger partial charge >= 0.3 is 0 Å². The van der Waals surface area contributed by atoms with Crippen molar-refractivity contribution in [3.63, 3.8) is 0 Å². The molecule has 1 aromatic carbocycles. The van der Waals surface area contributed by atoms with Crippen LogP contribution in [-0.2, 0) is 0 Å². The summed E-state index contributed by atoms with van der Waals surface area (Å²) in [5.74, 6) is 1.84. The predicted molar refractivity (Wildman–Crippen MR) is 85.4 cm³/mol. The minimum atomic E-state index is -0.344. The first-order valence-corrected chi connectivity index (χ1v) is 7.94. The summed E-state index contributed by atoms with van der Waals surface area (Å²) >= 11 is 0. The molecule has 3 nitrogen and oxygen atoms in total. The second kappa shape index (κ2) is 6.95. The molecule has 1 aromatic rings. The van der Waals surface area contributed by atoms with Crippen LogP contribution in [0, 0.1) is 17.2 Å². The van der Waals surface area contributed by atoms with E-state index in [0.717, 1.165) is 31.4 Å². The van der Waals surface area contributed by atoms with Crippen LogP contribution >= 0.6 is 0 Å². The van der Waals surface area contributed by atoms with Crippen LogP contribution in [0.15, 0.2) is 24.3 Å². The summed E-state index contributed by atoms with van der Waals surface area (Å²) in [7, 11) is 1.90. The maximum absolute atomic E-state index is 9.45. The van der Waals surface area contributed by atoms with Crippen LogP contribution in [0.25, 0.3) is 0 Å². The molecule has 0 saturated heterocycles. The largest absolute Gasteiger partial charge is 0.494 e. The Balaban J connectivity index is 1.90. The van der Waals surface area contributed by atoms with Crippen molar-refractivity contribution in [1.82, 2.24) is 5.32 Å². The highest BCUT2D eigenvalue weighted by Crippen LogP contribution is 2.37. The lowest BCUT2D eigenvalue weighted by Gasteiger charge is -2.28. The van der Waals surface area contributed by atoms with Crippen molar-refractivity contribution in [3.8, 4) is 11.8 Å². The van der Waals surface area contributed by atoms with E-state index in [-0.39, 0.29) is 5.54 Å². The second-order valence-corrected chi connectivity index (χ2v) is 6.29. The predicted octanol–water partition coefficient (Wildman–Crippen LogP) is 3.86. The molecule has 21 heavy (non-hydrogen) atoms. The third kappa shape index (κ3) is 3.57. The lowest BCUT2D eigenvalue weighted by atomic mass is 9.86. The summed E-state index contributed by atoms with van der Waals surface area (Å²) in [4.78, 5) is 0. The van der Waals surface area contributed by atoms with Crippen molar-refractivity contribution in [1.29, 1.82) is 5.26 Å². The maximum atomic E-state index is 9.45. The molecule has 0 amide bonds. The van der Waals surface area contributed by atoms with Crippen LogP contribution in [0.5, 0.6) is 5.75 Å². The van der Waals surface area contributed by atoms with Gasteiger partial charge in [0, 0.05) is 0 Å². The van der Waals surface area contributed by atoms with Crippen molar-refractivity contribution in [2.24, 2.45) is 5.92 Å². The van der Waals surface area contributed by atoms with Gasteiger partial charge < -0.3 is 10.1 Å². The molecule has 1 N–H and O–H groups in total. The molecular weight excluding hydrogens is 260 g/mol. The smallest absolute Gasteiger partial charge is 0.119 e. The van der Waals surface area contributed by atoms with Gasteiger partial charge in [-0.3, -0.25) is 0 Å². The Morgan fingerprint density at radius 1 is 1.48 bits per heavy atom. The van der Waals surface area contributed by atoms with E-state index in [1.165, 1.54) is 5.56 Å². The number of nitrogens with one attached hydrogen (secondary N) is 1. The van der Waals surface area contributed by atoms with Crippen LogP contribution in [0.2, 0.25) is 0 Å². The van der Waals surface area contributed by atoms with E-state index in [9.17, 15) is 5.26 Å². The van der Waals surface area contributed by atoms with E-state index in [1.54, 1.807) is 0 Å². The van der Waals surface area contributed by atoms with Crippen molar-refractivity contribution < 1.29 is 4.74 Å². The SMILES string of the molecule is CNC1(C#N)CCCC1CCOc1cccc(C(C)C)c1. The van der Waals surface area contributed by atoms with Crippen molar-refractivity contribution in [3.05, 3.63) is 29.8 Å². The Morgan fingerprint density at radius 3 is 2.95 bits per heavy atom. The maximum Gasteiger partial charge on any atom is 0.119 e. The van der Waals surface area contributed by atoms with E-state index in [1.807, 2.05) is 19.2 Å². The minimum Gasteiger partial charge on any atom is -0.494 e. The Bertz CT molecular complexity index is 506. The van der Waals surface area contributed by atoms with E-state index in [4.69, 9.17) is 4.74 Å². The van der Waals surface area contributed by atoms with Gasteiger partial charge in [-0.2, -0.15) is 5.26 Å². The van der Waals surface area contributed by atoms with Gasteiger partial charge in [0.1, 0.15) is 11.3 Å². The Kier molecular flexibility index (Phi) is 5.25. The third-order valence-electron chi connectivity index (χ3n) is 4.73. The average molecular weight is 286 g/mol. The van der Waals surface area contributed by atoms with Crippen molar-refractivity contribution in [2.45, 2.75) is 51.0 Å². The molecule has 0 spiro atoms. The molecule has 1 fully saturated rings. The van der Waals surface area contributed by atoms with E-state index in [0.29, 0.717) is 18.4 Å². The topological polar surface area (TPSA) is 45.0 Å². The highest BCUT2D eigenvalue weighted by Gasteiger charge is 2.41. The van der Waals surface area contributed by atoms with E-state index in [2.05, 4.69) is 37.4 Å². The van der Waals surface area contributed by atoms with Crippen LogP contribution in [0.4, 0.5) is 0 Å². The number of rotatable bonds is 6. The van der Waals surface area contributed by atoms with Gasteiger partial charge in [0.25, 0.3) is 0 Å². The van der Waals surface area contributed by atoms with Crippen LogP contribution in [0.3, 0.4) is 0 Å². The van der Waals surface area contributed by atoms with Gasteiger partial charge in [0.05, 0.1) is 12.7 Å². The number of hydrogen-bond donors (Lipinski definition) is 1. The van der Waals surface area contributed by atoms with Gasteiger partial charge in [0.15, 0.2) is 0 Å². The number of nitrogens with zero attached hydrogens (tertiary/aromatic N) is 1. The van der Waals surface area contributed by atoms with Gasteiger partial charge in [-0.15, -0.1) is 0 Å². The molecule has 2 unspecified atom stereocenters. The van der Waals surface area contributed by atoms with Gasteiger partial charge in [-0.1, -0.05) is 32.4 Å². The molecule has 114 valence electrons. The molecule has 1 saturated carbocycles. The summed E-state index contributed by atoms with van der Waals surface area (Å²) in [5, 5.41) is 12.7. The first-order chi connectivity index (χ1) is 10.1. The van der Waals surface area contributed by atoms with Crippen molar-refractivity contribution >= 4 is 0 Å². The van der Waals surface area contributed by atoms with Crippen LogP contribution in [-0.4, -0.2) is 19.2 Å². The highest BCUT2D eigenvalue weighted by atomic mass is 16.5. The monoisotopic (exact) mass is 286 g/mol. The zero-order chi connectivity index (χ0) is 15.3. The summed E-state index contributed by atoms with van der Waals surface area (Å²) < 4.78 is 5.90. The summed E-state index contributed by atoms with van der Waals surface area (Å²) in [6.45, 7) is 5.05. The number of nitriles is 1. The average Bonchev–Trinajstić information content (AvgIpc) is 2.91. The fourth-order valence-corrected chi connectivity index (χ4v) is 3.28. The highest BCUT2D eigenvalue weighted by molar-refractivity contribution is 5.30. The molecule has 0 aromatic heterocycles. The van der Waals surface area contributed by atoms with E-state index < -0.39 is 0 Å². The number of ether oxygens (including phenoxy) is 1. The fraction of sp³-hybridized carbons (Fsp3) is 0.611. The lowest BCUT2D eigenvalue weighted by Crippen LogP contribution is -2.45. The molecule has 2 atom stereocenters. The van der Waals surface area contributed by atoms with Crippen molar-refractivity contribution in [2.75, 3.05) is 13.7 Å². The Labute approximate surface area is 128 Å². The van der Waals surface area contributed by atoms with E-state index >= 15 is 0 Å². The molecule has 1 aliphatic carbocycles. The minimum absolute atomic E-state index is 0.344. The summed E-state index contributed by atoms with van der Waals surface area (Å²) in [6, 6.07) is 10.8. The lowest BCUT2D eigenvalue weighted by molar-refractivity contribution is 0.239. The quantitative estimate of drug-likeness (QED) is 0.863. The summed E-state index contributed by atoms with van der Waals surface area (Å²) in [5.41, 5.74) is 0.957. The first-order valence-electron chi connectivity index (χ1n) is 7.94. The molecule has 0 radical (unpaired) electrons. The Hall–Kier alpha value is -1.53. The Morgan fingerprint density at radius 2 is 2.29 bits per heavy atom. The molecule has 0 aliphatic heterocycles. The van der Waals surface area contributed by atoms with Crippen LogP contribution in [0.1, 0.15) is 51.0 Å². The van der Waals surface area contributed by atoms with Gasteiger partial charge in [-0.05, 0) is 55.8 Å². The number of hydrogen-bond acceptors (Lipinski definition) is 3. The zero-order valence-corrected chi connectivity index (χ0v) is 13.4. The third-order valence-corrected chi connectivity index (χ3v) is 4.73. The molecule has 3 heteroatoms. The van der Waals surface area contributed by atoms with Gasteiger partial charge in [-0.25, -0.2) is 0 Å². The van der Waals surface area contributed by atoms with Crippen LogP contribution < -0.4 is 10.1 Å². The molecule has 0 bridgehead atoms. The molecule has 2 rings (SSSR count). The zero-order valence-electron chi connectivity index (χ0n) is 13.4. The fourth-order valence-electron chi connectivity index (χ4n) is 3.28. The summed E-state index contributed by atoms with van der Waals surface area (Å²) in [6.07, 6.45) is 4.12. The van der Waals surface area contributed by atoms with Gasteiger partial charge in [0.2, 0.25) is 0 Å². The molecule has 1 aliphatic rings.